The van der Waals surface area contributed by atoms with Gasteiger partial charge in [0, 0.05) is 18.9 Å². The van der Waals surface area contributed by atoms with Crippen LogP contribution in [0.4, 0.5) is 0 Å². The number of halogens is 1. The molecule has 1 fully saturated rings. The van der Waals surface area contributed by atoms with Crippen molar-refractivity contribution in [2.45, 2.75) is 18.8 Å². The van der Waals surface area contributed by atoms with Gasteiger partial charge in [0.15, 0.2) is 0 Å². The first-order chi connectivity index (χ1) is 5.97. The smallest absolute Gasteiger partial charge is 0.0303 e. The van der Waals surface area contributed by atoms with Crippen molar-refractivity contribution < 1.29 is 0 Å². The fraction of sp³-hybridized carbons (Fsp3) is 0.500. The summed E-state index contributed by atoms with van der Waals surface area (Å²) in [7, 11) is 0. The fourth-order valence-corrected chi connectivity index (χ4v) is 1.75. The number of aromatic nitrogens is 1. The van der Waals surface area contributed by atoms with Gasteiger partial charge in [-0.1, -0.05) is 6.07 Å². The third-order valence-electron chi connectivity index (χ3n) is 2.45. The molecule has 1 atom stereocenters. The van der Waals surface area contributed by atoms with Crippen molar-refractivity contribution in [2.75, 3.05) is 13.1 Å². The molecule has 1 aliphatic heterocycles. The summed E-state index contributed by atoms with van der Waals surface area (Å²) in [5.74, 6) is 0.687. The highest BCUT2D eigenvalue weighted by Gasteiger charge is 2.14. The van der Waals surface area contributed by atoms with Gasteiger partial charge >= 0.3 is 0 Å². The number of piperidine rings is 1. The van der Waals surface area contributed by atoms with Crippen molar-refractivity contribution in [3.05, 3.63) is 30.1 Å². The highest BCUT2D eigenvalue weighted by atomic mass is 35.5. The third-order valence-corrected chi connectivity index (χ3v) is 2.45. The van der Waals surface area contributed by atoms with E-state index < -0.39 is 0 Å². The molecule has 0 radical (unpaired) electrons. The van der Waals surface area contributed by atoms with Gasteiger partial charge in [-0.05, 0) is 36.9 Å². The first kappa shape index (κ1) is 10.5. The van der Waals surface area contributed by atoms with Gasteiger partial charge in [0.1, 0.15) is 0 Å². The van der Waals surface area contributed by atoms with Crippen LogP contribution < -0.4 is 5.32 Å². The number of hydrogen-bond acceptors (Lipinski definition) is 2. The summed E-state index contributed by atoms with van der Waals surface area (Å²) < 4.78 is 0. The van der Waals surface area contributed by atoms with E-state index in [1.165, 1.54) is 24.9 Å². The van der Waals surface area contributed by atoms with Crippen LogP contribution in [0.5, 0.6) is 0 Å². The zero-order chi connectivity index (χ0) is 8.23. The van der Waals surface area contributed by atoms with Crippen molar-refractivity contribution in [3.8, 4) is 0 Å². The second kappa shape index (κ2) is 5.20. The molecule has 2 heterocycles. The summed E-state index contributed by atoms with van der Waals surface area (Å²) in [6.45, 7) is 2.29. The van der Waals surface area contributed by atoms with Gasteiger partial charge < -0.3 is 5.32 Å². The van der Waals surface area contributed by atoms with Crippen LogP contribution in [0, 0.1) is 0 Å². The summed E-state index contributed by atoms with van der Waals surface area (Å²) in [5, 5.41) is 3.41. The minimum atomic E-state index is 0. The number of nitrogens with zero attached hydrogens (tertiary/aromatic N) is 1. The molecule has 1 N–H and O–H groups in total. The Morgan fingerprint density at radius 1 is 1.46 bits per heavy atom. The monoisotopic (exact) mass is 198 g/mol. The minimum absolute atomic E-state index is 0. The Morgan fingerprint density at radius 2 is 2.38 bits per heavy atom. The second-order valence-corrected chi connectivity index (χ2v) is 3.33. The maximum atomic E-state index is 4.13. The van der Waals surface area contributed by atoms with E-state index in [1.54, 1.807) is 0 Å². The Kier molecular flexibility index (Phi) is 4.19. The molecule has 0 aliphatic carbocycles. The van der Waals surface area contributed by atoms with Crippen molar-refractivity contribution in [3.63, 3.8) is 0 Å². The van der Waals surface area contributed by atoms with Crippen molar-refractivity contribution in [1.82, 2.24) is 10.3 Å². The van der Waals surface area contributed by atoms with E-state index >= 15 is 0 Å². The standard InChI is InChI=1S/C10H14N2.ClH/c1-3-9(7-11-5-1)10-4-2-6-12-8-10;/h1,3,5,7,10,12H,2,4,6,8H2;1H. The van der Waals surface area contributed by atoms with E-state index in [-0.39, 0.29) is 12.4 Å². The molecule has 0 amide bonds. The van der Waals surface area contributed by atoms with E-state index in [9.17, 15) is 0 Å². The van der Waals surface area contributed by atoms with Crippen LogP contribution in [0.3, 0.4) is 0 Å². The topological polar surface area (TPSA) is 24.9 Å². The SMILES string of the molecule is Cl.c1cncc(C2CCCNC2)c1. The van der Waals surface area contributed by atoms with Crippen LogP contribution in [0.1, 0.15) is 24.3 Å². The second-order valence-electron chi connectivity index (χ2n) is 3.33. The molecular formula is C10H15ClN2. The minimum Gasteiger partial charge on any atom is -0.316 e. The van der Waals surface area contributed by atoms with Gasteiger partial charge in [0.2, 0.25) is 0 Å². The molecule has 0 saturated carbocycles. The Bertz CT molecular complexity index is 232. The molecule has 72 valence electrons. The largest absolute Gasteiger partial charge is 0.316 e. The van der Waals surface area contributed by atoms with Crippen LogP contribution in [0.25, 0.3) is 0 Å². The van der Waals surface area contributed by atoms with Crippen molar-refractivity contribution in [1.29, 1.82) is 0 Å². The summed E-state index contributed by atoms with van der Waals surface area (Å²) in [6, 6.07) is 4.19. The molecule has 2 rings (SSSR count). The molecule has 1 aromatic heterocycles. The zero-order valence-corrected chi connectivity index (χ0v) is 8.39. The molecular weight excluding hydrogens is 184 g/mol. The first-order valence-corrected chi connectivity index (χ1v) is 4.57. The lowest BCUT2D eigenvalue weighted by molar-refractivity contribution is 0.461. The summed E-state index contributed by atoms with van der Waals surface area (Å²) in [4.78, 5) is 4.13. The van der Waals surface area contributed by atoms with Crippen LogP contribution in [-0.2, 0) is 0 Å². The Hall–Kier alpha value is -0.600. The van der Waals surface area contributed by atoms with Crippen LogP contribution in [0.15, 0.2) is 24.5 Å². The molecule has 1 saturated heterocycles. The van der Waals surface area contributed by atoms with Gasteiger partial charge in [-0.3, -0.25) is 4.98 Å². The molecule has 0 bridgehead atoms. The lowest BCUT2D eigenvalue weighted by Gasteiger charge is -2.22. The summed E-state index contributed by atoms with van der Waals surface area (Å²) in [6.07, 6.45) is 6.41. The van der Waals surface area contributed by atoms with Gasteiger partial charge in [0.25, 0.3) is 0 Å². The van der Waals surface area contributed by atoms with Gasteiger partial charge in [0.05, 0.1) is 0 Å². The quantitative estimate of drug-likeness (QED) is 0.747. The molecule has 3 heteroatoms. The highest BCUT2D eigenvalue weighted by Crippen LogP contribution is 2.21. The number of pyridine rings is 1. The van der Waals surface area contributed by atoms with Gasteiger partial charge in [-0.2, -0.15) is 0 Å². The maximum Gasteiger partial charge on any atom is 0.0303 e. The summed E-state index contributed by atoms with van der Waals surface area (Å²) in [5.41, 5.74) is 1.38. The molecule has 0 aromatic carbocycles. The van der Waals surface area contributed by atoms with E-state index in [4.69, 9.17) is 0 Å². The Morgan fingerprint density at radius 3 is 3.00 bits per heavy atom. The highest BCUT2D eigenvalue weighted by molar-refractivity contribution is 5.85. The Labute approximate surface area is 85.2 Å². The molecule has 2 nitrogen and oxygen atoms in total. The van der Waals surface area contributed by atoms with E-state index in [1.807, 2.05) is 18.5 Å². The normalized spacial score (nSPS) is 22.0. The van der Waals surface area contributed by atoms with E-state index in [0.717, 1.165) is 6.54 Å². The van der Waals surface area contributed by atoms with Crippen molar-refractivity contribution in [2.24, 2.45) is 0 Å². The van der Waals surface area contributed by atoms with E-state index in [0.29, 0.717) is 5.92 Å². The van der Waals surface area contributed by atoms with Crippen LogP contribution in [0.2, 0.25) is 0 Å². The lowest BCUT2D eigenvalue weighted by atomic mass is 9.93. The average Bonchev–Trinajstić information content (AvgIpc) is 2.21. The Balaban J connectivity index is 0.000000845. The van der Waals surface area contributed by atoms with Crippen LogP contribution >= 0.6 is 12.4 Å². The fourth-order valence-electron chi connectivity index (χ4n) is 1.75. The number of rotatable bonds is 1. The van der Waals surface area contributed by atoms with Crippen LogP contribution in [-0.4, -0.2) is 18.1 Å². The third kappa shape index (κ3) is 2.68. The molecule has 1 aromatic rings. The zero-order valence-electron chi connectivity index (χ0n) is 7.57. The molecule has 13 heavy (non-hydrogen) atoms. The average molecular weight is 199 g/mol. The summed E-state index contributed by atoms with van der Waals surface area (Å²) >= 11 is 0. The predicted octanol–water partition coefficient (Wildman–Crippen LogP) is 1.97. The van der Waals surface area contributed by atoms with Gasteiger partial charge in [-0.15, -0.1) is 12.4 Å². The molecule has 0 spiro atoms. The maximum absolute atomic E-state index is 4.13. The number of nitrogens with one attached hydrogen (secondary N) is 1. The molecule has 1 unspecified atom stereocenters. The van der Waals surface area contributed by atoms with E-state index in [2.05, 4.69) is 16.4 Å². The molecule has 1 aliphatic rings. The number of hydrogen-bond donors (Lipinski definition) is 1. The van der Waals surface area contributed by atoms with Crippen molar-refractivity contribution >= 4 is 12.4 Å². The predicted molar refractivity (Wildman–Crippen MR) is 56.3 cm³/mol. The lowest BCUT2D eigenvalue weighted by Crippen LogP contribution is -2.28. The first-order valence-electron chi connectivity index (χ1n) is 4.57. The van der Waals surface area contributed by atoms with Gasteiger partial charge in [-0.25, -0.2) is 0 Å².